The molecule has 0 saturated carbocycles. The summed E-state index contributed by atoms with van der Waals surface area (Å²) in [5.41, 5.74) is 0.533. The minimum Gasteiger partial charge on any atom is -0.495 e. The van der Waals surface area contributed by atoms with Crippen molar-refractivity contribution in [2.75, 3.05) is 26.1 Å². The van der Waals surface area contributed by atoms with Gasteiger partial charge in [0.15, 0.2) is 5.16 Å². The van der Waals surface area contributed by atoms with Gasteiger partial charge in [-0.1, -0.05) is 35.5 Å². The molecule has 3 rings (SSSR count). The molecule has 0 aliphatic heterocycles. The van der Waals surface area contributed by atoms with Crippen molar-refractivity contribution >= 4 is 34.3 Å². The number of halogens is 4. The Hall–Kier alpha value is -2.23. The number of rotatable bonds is 7. The Morgan fingerprint density at radius 3 is 2.69 bits per heavy atom. The van der Waals surface area contributed by atoms with Gasteiger partial charge in [-0.25, -0.2) is 4.98 Å². The van der Waals surface area contributed by atoms with Gasteiger partial charge in [0.1, 0.15) is 12.4 Å². The normalized spacial score (nSPS) is 11.8. The van der Waals surface area contributed by atoms with Crippen LogP contribution in [0.25, 0.3) is 16.6 Å². The van der Waals surface area contributed by atoms with Crippen LogP contribution in [0.2, 0.25) is 5.02 Å². The van der Waals surface area contributed by atoms with Crippen molar-refractivity contribution < 1.29 is 22.6 Å². The number of nitrogens with zero attached hydrogens (tertiary/aromatic N) is 2. The predicted octanol–water partition coefficient (Wildman–Crippen LogP) is 4.72. The van der Waals surface area contributed by atoms with E-state index < -0.39 is 12.8 Å². The first-order chi connectivity index (χ1) is 13.8. The third-order valence-electron chi connectivity index (χ3n) is 3.85. The van der Waals surface area contributed by atoms with Gasteiger partial charge in [0.25, 0.3) is 5.56 Å². The zero-order valence-electron chi connectivity index (χ0n) is 15.2. The van der Waals surface area contributed by atoms with Gasteiger partial charge < -0.3 is 9.47 Å². The highest BCUT2D eigenvalue weighted by Gasteiger charge is 2.27. The number of hydrogen-bond acceptors (Lipinski definition) is 5. The van der Waals surface area contributed by atoms with Crippen LogP contribution in [0.4, 0.5) is 13.2 Å². The van der Waals surface area contributed by atoms with Crippen molar-refractivity contribution in [3.8, 4) is 11.4 Å². The molecule has 0 aliphatic carbocycles. The first kappa shape index (κ1) is 21.5. The minimum absolute atomic E-state index is 0.153. The van der Waals surface area contributed by atoms with Crippen molar-refractivity contribution in [2.24, 2.45) is 0 Å². The van der Waals surface area contributed by atoms with Crippen LogP contribution in [0.5, 0.6) is 5.75 Å². The summed E-state index contributed by atoms with van der Waals surface area (Å²) in [6.07, 6.45) is -4.39. The first-order valence-electron chi connectivity index (χ1n) is 8.43. The summed E-state index contributed by atoms with van der Waals surface area (Å²) in [7, 11) is 1.48. The van der Waals surface area contributed by atoms with E-state index in [4.69, 9.17) is 16.3 Å². The van der Waals surface area contributed by atoms with Gasteiger partial charge in [-0.2, -0.15) is 13.2 Å². The summed E-state index contributed by atoms with van der Waals surface area (Å²) in [6, 6.07) is 11.7. The molecule has 0 bridgehead atoms. The molecule has 1 heterocycles. The lowest BCUT2D eigenvalue weighted by atomic mass is 10.2. The number of aromatic nitrogens is 2. The van der Waals surface area contributed by atoms with E-state index in [9.17, 15) is 18.0 Å². The predicted molar refractivity (Wildman–Crippen MR) is 107 cm³/mol. The summed E-state index contributed by atoms with van der Waals surface area (Å²) in [5, 5.41) is 1.08. The highest BCUT2D eigenvalue weighted by atomic mass is 35.5. The van der Waals surface area contributed by atoms with Crippen LogP contribution < -0.4 is 10.3 Å². The summed E-state index contributed by atoms with van der Waals surface area (Å²) < 4.78 is 48.0. The molecule has 0 amide bonds. The molecular weight excluding hydrogens is 429 g/mol. The number of fused-ring (bicyclic) bond motifs is 1. The topological polar surface area (TPSA) is 53.4 Å². The zero-order valence-corrected chi connectivity index (χ0v) is 16.8. The van der Waals surface area contributed by atoms with Crippen LogP contribution >= 0.6 is 23.4 Å². The molecule has 0 atom stereocenters. The van der Waals surface area contributed by atoms with Crippen LogP contribution in [0.3, 0.4) is 0 Å². The van der Waals surface area contributed by atoms with Crippen molar-refractivity contribution in [2.45, 2.75) is 11.3 Å². The Bertz CT molecular complexity index is 1070. The van der Waals surface area contributed by atoms with E-state index >= 15 is 0 Å². The van der Waals surface area contributed by atoms with Gasteiger partial charge in [-0.3, -0.25) is 9.36 Å². The van der Waals surface area contributed by atoms with Crippen molar-refractivity contribution in [1.82, 2.24) is 9.55 Å². The molecule has 0 saturated heterocycles. The van der Waals surface area contributed by atoms with Crippen molar-refractivity contribution in [1.29, 1.82) is 0 Å². The van der Waals surface area contributed by atoms with Gasteiger partial charge in [0, 0.05) is 10.8 Å². The zero-order chi connectivity index (χ0) is 21.0. The average molecular weight is 445 g/mol. The van der Waals surface area contributed by atoms with Crippen LogP contribution in [0, 0.1) is 0 Å². The molecule has 0 N–H and O–H groups in total. The summed E-state index contributed by atoms with van der Waals surface area (Å²) >= 11 is 7.12. The van der Waals surface area contributed by atoms with E-state index in [0.717, 1.165) is 11.8 Å². The highest BCUT2D eigenvalue weighted by Crippen LogP contribution is 2.27. The lowest BCUT2D eigenvalue weighted by Crippen LogP contribution is -2.23. The Morgan fingerprint density at radius 1 is 1.21 bits per heavy atom. The molecule has 29 heavy (non-hydrogen) atoms. The fourth-order valence-electron chi connectivity index (χ4n) is 2.64. The molecule has 3 aromatic rings. The average Bonchev–Trinajstić information content (AvgIpc) is 2.67. The number of ether oxygens (including phenoxy) is 2. The molecule has 2 aromatic carbocycles. The van der Waals surface area contributed by atoms with E-state index in [1.807, 2.05) is 0 Å². The second kappa shape index (κ2) is 9.06. The van der Waals surface area contributed by atoms with E-state index in [-0.39, 0.29) is 17.9 Å². The second-order valence-corrected chi connectivity index (χ2v) is 7.38. The fraction of sp³-hybridized carbons (Fsp3) is 0.263. The first-order valence-corrected chi connectivity index (χ1v) is 9.79. The second-order valence-electron chi connectivity index (χ2n) is 5.88. The summed E-state index contributed by atoms with van der Waals surface area (Å²) in [6.45, 7) is -1.48. The number of benzene rings is 2. The Kier molecular flexibility index (Phi) is 6.71. The lowest BCUT2D eigenvalue weighted by molar-refractivity contribution is -0.172. The molecule has 5 nitrogen and oxygen atoms in total. The number of thioether (sulfide) groups is 1. The third-order valence-corrected chi connectivity index (χ3v) is 4.99. The number of methoxy groups -OCH3 is 1. The number of para-hydroxylation sites is 2. The fourth-order valence-corrected chi connectivity index (χ4v) is 3.67. The minimum atomic E-state index is -4.39. The molecule has 0 spiro atoms. The van der Waals surface area contributed by atoms with Gasteiger partial charge in [0.05, 0.1) is 30.3 Å². The van der Waals surface area contributed by atoms with Crippen LogP contribution in [-0.2, 0) is 4.74 Å². The third kappa shape index (κ3) is 5.23. The van der Waals surface area contributed by atoms with Crippen LogP contribution in [0.1, 0.15) is 0 Å². The highest BCUT2D eigenvalue weighted by molar-refractivity contribution is 7.99. The monoisotopic (exact) mass is 444 g/mol. The van der Waals surface area contributed by atoms with Crippen molar-refractivity contribution in [3.63, 3.8) is 0 Å². The van der Waals surface area contributed by atoms with E-state index in [0.29, 0.717) is 32.5 Å². The smallest absolute Gasteiger partial charge is 0.411 e. The van der Waals surface area contributed by atoms with E-state index in [2.05, 4.69) is 9.72 Å². The van der Waals surface area contributed by atoms with E-state index in [1.165, 1.54) is 11.7 Å². The largest absolute Gasteiger partial charge is 0.495 e. The summed E-state index contributed by atoms with van der Waals surface area (Å²) in [4.78, 5) is 17.7. The van der Waals surface area contributed by atoms with Gasteiger partial charge in [0.2, 0.25) is 0 Å². The summed E-state index contributed by atoms with van der Waals surface area (Å²) in [5.74, 6) is 0.629. The number of alkyl halides is 3. The van der Waals surface area contributed by atoms with Gasteiger partial charge in [-0.05, 0) is 30.3 Å². The molecule has 1 aromatic heterocycles. The maximum Gasteiger partial charge on any atom is 0.411 e. The number of hydrogen-bond donors (Lipinski definition) is 0. The molecule has 0 aliphatic rings. The molecular formula is C19H16ClF3N2O3S. The Morgan fingerprint density at radius 2 is 1.97 bits per heavy atom. The standard InChI is InChI=1S/C19H16ClF3N2O3S/c1-27-16-5-3-2-4-15(16)25-17(26)13-7-6-12(20)10-14(13)24-18(25)29-9-8-28-11-19(21,22)23/h2-7,10H,8-9,11H2,1H3. The van der Waals surface area contributed by atoms with Gasteiger partial charge in [-0.15, -0.1) is 0 Å². The maximum absolute atomic E-state index is 13.2. The maximum atomic E-state index is 13.2. The van der Waals surface area contributed by atoms with E-state index in [1.54, 1.807) is 42.5 Å². The Balaban J connectivity index is 2.01. The van der Waals surface area contributed by atoms with Gasteiger partial charge >= 0.3 is 6.18 Å². The molecule has 0 radical (unpaired) electrons. The molecule has 0 fully saturated rings. The molecule has 10 heteroatoms. The molecule has 0 unspecified atom stereocenters. The lowest BCUT2D eigenvalue weighted by Gasteiger charge is -2.16. The Labute approximate surface area is 173 Å². The quantitative estimate of drug-likeness (QED) is 0.300. The van der Waals surface area contributed by atoms with Crippen LogP contribution in [-0.4, -0.2) is 41.8 Å². The molecule has 154 valence electrons. The van der Waals surface area contributed by atoms with Crippen molar-refractivity contribution in [3.05, 3.63) is 57.8 Å². The SMILES string of the molecule is COc1ccccc1-n1c(SCCOCC(F)(F)F)nc2cc(Cl)ccc2c1=O. The van der Waals surface area contributed by atoms with Crippen LogP contribution in [0.15, 0.2) is 52.4 Å².